The molecule has 14 heavy (non-hydrogen) atoms. The summed E-state index contributed by atoms with van der Waals surface area (Å²) in [6.45, 7) is 6.07. The molecule has 1 aromatic carbocycles. The highest BCUT2D eigenvalue weighted by Gasteiger charge is 2.10. The fourth-order valence-corrected chi connectivity index (χ4v) is 1.20. The molecule has 0 bridgehead atoms. The monoisotopic (exact) mass is 191 g/mol. The number of rotatable bonds is 0. The van der Waals surface area contributed by atoms with Crippen LogP contribution < -0.4 is 0 Å². The third-order valence-electron chi connectivity index (χ3n) is 1.91. The summed E-state index contributed by atoms with van der Waals surface area (Å²) >= 11 is 0. The van der Waals surface area contributed by atoms with Crippen LogP contribution in [0.3, 0.4) is 0 Å². The Kier molecular flexibility index (Phi) is 4.17. The number of hydrogen-bond acceptors (Lipinski definition) is 2. The minimum absolute atomic E-state index is 0.319. The summed E-state index contributed by atoms with van der Waals surface area (Å²) in [7, 11) is 0. The van der Waals surface area contributed by atoms with Crippen molar-refractivity contribution < 1.29 is 4.84 Å². The van der Waals surface area contributed by atoms with Gasteiger partial charge in [-0.15, -0.1) is 0 Å². The molecule has 0 radical (unpaired) electrons. The van der Waals surface area contributed by atoms with E-state index in [-0.39, 0.29) is 0 Å². The van der Waals surface area contributed by atoms with E-state index >= 15 is 0 Å². The number of nitrogens with zero attached hydrogens (tertiary/aromatic N) is 1. The summed E-state index contributed by atoms with van der Waals surface area (Å²) in [5.41, 5.74) is 2.43. The second-order valence-corrected chi connectivity index (χ2v) is 3.60. The number of aryl methyl sites for hydroxylation is 1. The maximum atomic E-state index is 4.85. The van der Waals surface area contributed by atoms with Crippen LogP contribution >= 0.6 is 0 Å². The lowest BCUT2D eigenvalue weighted by Crippen LogP contribution is -1.97. The Bertz CT molecular complexity index is 292. The second-order valence-electron chi connectivity index (χ2n) is 3.60. The minimum Gasteiger partial charge on any atom is -0.392 e. The lowest BCUT2D eigenvalue weighted by atomic mass is 10.2. The molecule has 0 fully saturated rings. The second kappa shape index (κ2) is 5.43. The number of oxime groups is 1. The van der Waals surface area contributed by atoms with Crippen molar-refractivity contribution in [3.63, 3.8) is 0 Å². The molecule has 1 aliphatic heterocycles. The molecule has 1 atom stereocenters. The predicted molar refractivity (Wildman–Crippen MR) is 59.5 cm³/mol. The molecule has 0 aliphatic carbocycles. The lowest BCUT2D eigenvalue weighted by Gasteiger charge is -1.93. The topological polar surface area (TPSA) is 21.6 Å². The van der Waals surface area contributed by atoms with Gasteiger partial charge in [0.2, 0.25) is 0 Å². The zero-order chi connectivity index (χ0) is 10.4. The zero-order valence-electron chi connectivity index (χ0n) is 9.03. The summed E-state index contributed by atoms with van der Waals surface area (Å²) in [5.74, 6) is 0. The van der Waals surface area contributed by atoms with Gasteiger partial charge in [-0.25, -0.2) is 0 Å². The molecule has 0 spiro atoms. The van der Waals surface area contributed by atoms with Gasteiger partial charge in [-0.1, -0.05) is 41.1 Å². The molecule has 0 N–H and O–H groups in total. The third kappa shape index (κ3) is 4.08. The zero-order valence-corrected chi connectivity index (χ0v) is 9.03. The van der Waals surface area contributed by atoms with E-state index in [1.165, 1.54) is 5.56 Å². The van der Waals surface area contributed by atoms with Gasteiger partial charge < -0.3 is 4.84 Å². The van der Waals surface area contributed by atoms with Gasteiger partial charge in [0.15, 0.2) is 0 Å². The van der Waals surface area contributed by atoms with Gasteiger partial charge in [-0.05, 0) is 20.8 Å². The van der Waals surface area contributed by atoms with Crippen LogP contribution in [0.2, 0.25) is 0 Å². The average molecular weight is 191 g/mol. The van der Waals surface area contributed by atoms with E-state index in [0.717, 1.165) is 12.1 Å². The normalized spacial score (nSPS) is 19.1. The van der Waals surface area contributed by atoms with Gasteiger partial charge >= 0.3 is 0 Å². The molecular weight excluding hydrogens is 174 g/mol. The van der Waals surface area contributed by atoms with Crippen molar-refractivity contribution >= 4 is 5.71 Å². The third-order valence-corrected chi connectivity index (χ3v) is 1.91. The standard InChI is InChI=1S/C7H8.C5H9NO/c1-7-5-3-2-4-6-7;1-4-3-5(2)7-6-4/h2-6H,1H3;5H,3H2,1-2H3. The van der Waals surface area contributed by atoms with E-state index in [1.807, 2.05) is 32.0 Å². The highest BCUT2D eigenvalue weighted by molar-refractivity contribution is 5.82. The summed E-state index contributed by atoms with van der Waals surface area (Å²) in [6.07, 6.45) is 1.32. The fourth-order valence-electron chi connectivity index (χ4n) is 1.20. The van der Waals surface area contributed by atoms with Crippen molar-refractivity contribution in [3.8, 4) is 0 Å². The first-order chi connectivity index (χ1) is 6.68. The van der Waals surface area contributed by atoms with Crippen molar-refractivity contribution in [2.24, 2.45) is 5.16 Å². The first-order valence-electron chi connectivity index (χ1n) is 4.89. The molecule has 1 unspecified atom stereocenters. The molecule has 0 saturated heterocycles. The maximum Gasteiger partial charge on any atom is 0.130 e. The van der Waals surface area contributed by atoms with Crippen molar-refractivity contribution in [1.29, 1.82) is 0 Å². The van der Waals surface area contributed by atoms with Crippen LogP contribution in [0.25, 0.3) is 0 Å². The van der Waals surface area contributed by atoms with Crippen LogP contribution in [0.4, 0.5) is 0 Å². The van der Waals surface area contributed by atoms with Crippen molar-refractivity contribution in [3.05, 3.63) is 35.9 Å². The van der Waals surface area contributed by atoms with Gasteiger partial charge in [0.05, 0.1) is 5.71 Å². The first kappa shape index (κ1) is 10.8. The van der Waals surface area contributed by atoms with Crippen molar-refractivity contribution in [2.75, 3.05) is 0 Å². The molecule has 0 aromatic heterocycles. The van der Waals surface area contributed by atoms with Gasteiger partial charge in [0.25, 0.3) is 0 Å². The van der Waals surface area contributed by atoms with Crippen LogP contribution in [0.1, 0.15) is 25.8 Å². The molecule has 1 aromatic rings. The Morgan fingerprint density at radius 1 is 1.21 bits per heavy atom. The molecular formula is C12H17NO. The maximum absolute atomic E-state index is 4.85. The highest BCUT2D eigenvalue weighted by atomic mass is 16.6. The van der Waals surface area contributed by atoms with Crippen LogP contribution in [0.5, 0.6) is 0 Å². The van der Waals surface area contributed by atoms with Crippen LogP contribution in [0.15, 0.2) is 35.5 Å². The molecule has 0 saturated carbocycles. The molecule has 76 valence electrons. The van der Waals surface area contributed by atoms with E-state index in [4.69, 9.17) is 4.84 Å². The van der Waals surface area contributed by atoms with Crippen molar-refractivity contribution in [2.45, 2.75) is 33.3 Å². The van der Waals surface area contributed by atoms with Gasteiger partial charge in [-0.3, -0.25) is 0 Å². The van der Waals surface area contributed by atoms with E-state index in [2.05, 4.69) is 24.2 Å². The molecule has 2 nitrogen and oxygen atoms in total. The smallest absolute Gasteiger partial charge is 0.130 e. The summed E-state index contributed by atoms with van der Waals surface area (Å²) in [5, 5.41) is 3.73. The van der Waals surface area contributed by atoms with Gasteiger partial charge in [-0.2, -0.15) is 0 Å². The Morgan fingerprint density at radius 2 is 1.86 bits per heavy atom. The van der Waals surface area contributed by atoms with Crippen LogP contribution in [0, 0.1) is 6.92 Å². The molecule has 2 rings (SSSR count). The SMILES string of the molecule is CC1=NOC(C)C1.Cc1ccccc1. The van der Waals surface area contributed by atoms with E-state index in [1.54, 1.807) is 0 Å². The Labute approximate surface area is 85.6 Å². The molecule has 1 heterocycles. The summed E-state index contributed by atoms with van der Waals surface area (Å²) in [4.78, 5) is 4.85. The Morgan fingerprint density at radius 3 is 2.07 bits per heavy atom. The van der Waals surface area contributed by atoms with Crippen LogP contribution in [-0.4, -0.2) is 11.8 Å². The van der Waals surface area contributed by atoms with Crippen LogP contribution in [-0.2, 0) is 4.84 Å². The van der Waals surface area contributed by atoms with E-state index in [9.17, 15) is 0 Å². The number of benzene rings is 1. The molecule has 0 amide bonds. The fraction of sp³-hybridized carbons (Fsp3) is 0.417. The Balaban J connectivity index is 0.000000140. The minimum atomic E-state index is 0.319. The Hall–Kier alpha value is -1.31. The van der Waals surface area contributed by atoms with Gasteiger partial charge in [0, 0.05) is 6.42 Å². The van der Waals surface area contributed by atoms with E-state index < -0.39 is 0 Å². The van der Waals surface area contributed by atoms with Crippen molar-refractivity contribution in [1.82, 2.24) is 0 Å². The highest BCUT2D eigenvalue weighted by Crippen LogP contribution is 2.07. The summed E-state index contributed by atoms with van der Waals surface area (Å²) < 4.78 is 0. The first-order valence-corrected chi connectivity index (χ1v) is 4.89. The number of hydrogen-bond donors (Lipinski definition) is 0. The predicted octanol–water partition coefficient (Wildman–Crippen LogP) is 3.17. The largest absolute Gasteiger partial charge is 0.392 e. The quantitative estimate of drug-likeness (QED) is 0.617. The molecule has 2 heteroatoms. The molecule has 1 aliphatic rings. The van der Waals surface area contributed by atoms with E-state index in [0.29, 0.717) is 6.10 Å². The van der Waals surface area contributed by atoms with Gasteiger partial charge in [0.1, 0.15) is 6.10 Å². The lowest BCUT2D eigenvalue weighted by molar-refractivity contribution is 0.0995. The average Bonchev–Trinajstić information content (AvgIpc) is 2.52. The summed E-state index contributed by atoms with van der Waals surface area (Å²) in [6, 6.07) is 10.3.